The highest BCUT2D eigenvalue weighted by Crippen LogP contribution is 2.28. The number of amides is 1. The first-order chi connectivity index (χ1) is 11.7. The van der Waals surface area contributed by atoms with Crippen LogP contribution in [-0.2, 0) is 4.79 Å². The van der Waals surface area contributed by atoms with Gasteiger partial charge in [0.05, 0.1) is 11.1 Å². The van der Waals surface area contributed by atoms with Gasteiger partial charge in [0.25, 0.3) is 0 Å². The summed E-state index contributed by atoms with van der Waals surface area (Å²) in [6.07, 6.45) is 6.31. The zero-order valence-corrected chi connectivity index (χ0v) is 15.8. The number of piperidine rings is 1. The molecular weight excluding hydrogens is 368 g/mol. The van der Waals surface area contributed by atoms with Crippen molar-refractivity contribution < 1.29 is 9.53 Å². The largest absolute Gasteiger partial charge is 0.492 e. The Morgan fingerprint density at radius 1 is 1.21 bits per heavy atom. The molecule has 0 bridgehead atoms. The SMILES string of the molecule is O=C(CCCOc1ccccc1Br)N1CCC(NCC2CC2)CC1. The molecule has 0 aromatic heterocycles. The molecule has 3 rings (SSSR count). The van der Waals surface area contributed by atoms with Crippen LogP contribution in [0.25, 0.3) is 0 Å². The Morgan fingerprint density at radius 3 is 2.67 bits per heavy atom. The van der Waals surface area contributed by atoms with Crippen LogP contribution in [0.2, 0.25) is 0 Å². The smallest absolute Gasteiger partial charge is 0.222 e. The minimum atomic E-state index is 0.270. The molecule has 1 saturated heterocycles. The third-order valence-electron chi connectivity index (χ3n) is 4.87. The maximum absolute atomic E-state index is 12.3. The molecule has 1 aliphatic heterocycles. The van der Waals surface area contributed by atoms with Gasteiger partial charge < -0.3 is 15.0 Å². The second kappa shape index (κ2) is 8.86. The van der Waals surface area contributed by atoms with Gasteiger partial charge in [-0.2, -0.15) is 0 Å². The van der Waals surface area contributed by atoms with Gasteiger partial charge in [0.1, 0.15) is 5.75 Å². The van der Waals surface area contributed by atoms with Gasteiger partial charge in [0.2, 0.25) is 5.91 Å². The van der Waals surface area contributed by atoms with Gasteiger partial charge in [-0.1, -0.05) is 12.1 Å². The van der Waals surface area contributed by atoms with E-state index in [4.69, 9.17) is 4.74 Å². The normalized spacial score (nSPS) is 18.6. The zero-order valence-electron chi connectivity index (χ0n) is 14.2. The average molecular weight is 395 g/mol. The summed E-state index contributed by atoms with van der Waals surface area (Å²) in [6.45, 7) is 3.54. The summed E-state index contributed by atoms with van der Waals surface area (Å²) in [7, 11) is 0. The Balaban J connectivity index is 1.29. The standard InChI is InChI=1S/C19H27BrN2O2/c20-17-4-1-2-5-18(17)24-13-3-6-19(23)22-11-9-16(10-12-22)21-14-15-7-8-15/h1-2,4-5,15-16,21H,3,6-14H2. The molecule has 5 heteroatoms. The number of carbonyl (C=O) groups is 1. The van der Waals surface area contributed by atoms with Crippen LogP contribution in [0, 0.1) is 5.92 Å². The summed E-state index contributed by atoms with van der Waals surface area (Å²) in [6, 6.07) is 8.41. The molecule has 1 amide bonds. The number of nitrogens with zero attached hydrogens (tertiary/aromatic N) is 1. The van der Waals surface area contributed by atoms with E-state index in [9.17, 15) is 4.79 Å². The quantitative estimate of drug-likeness (QED) is 0.684. The number of para-hydroxylation sites is 1. The van der Waals surface area contributed by atoms with Gasteiger partial charge >= 0.3 is 0 Å². The molecule has 2 aliphatic rings. The van der Waals surface area contributed by atoms with Crippen LogP contribution in [0.4, 0.5) is 0 Å². The molecule has 0 spiro atoms. The predicted molar refractivity (Wildman–Crippen MR) is 99.2 cm³/mol. The van der Waals surface area contributed by atoms with E-state index in [-0.39, 0.29) is 5.91 Å². The first-order valence-electron chi connectivity index (χ1n) is 9.11. The molecule has 1 aliphatic carbocycles. The molecule has 2 fully saturated rings. The Labute approximate surface area is 153 Å². The molecule has 0 atom stereocenters. The number of hydrogen-bond acceptors (Lipinski definition) is 3. The number of halogens is 1. The lowest BCUT2D eigenvalue weighted by Gasteiger charge is -2.32. The van der Waals surface area contributed by atoms with Gasteiger partial charge in [-0.3, -0.25) is 4.79 Å². The van der Waals surface area contributed by atoms with E-state index < -0.39 is 0 Å². The molecule has 1 aromatic rings. The van der Waals surface area contributed by atoms with E-state index in [1.807, 2.05) is 29.2 Å². The van der Waals surface area contributed by atoms with Crippen molar-refractivity contribution in [2.24, 2.45) is 5.92 Å². The molecule has 24 heavy (non-hydrogen) atoms. The number of benzene rings is 1. The minimum Gasteiger partial charge on any atom is -0.492 e. The molecule has 132 valence electrons. The van der Waals surface area contributed by atoms with Gasteiger partial charge in [-0.15, -0.1) is 0 Å². The minimum absolute atomic E-state index is 0.270. The van der Waals surface area contributed by atoms with Crippen molar-refractivity contribution in [1.82, 2.24) is 10.2 Å². The third-order valence-corrected chi connectivity index (χ3v) is 5.52. The maximum atomic E-state index is 12.3. The molecule has 1 N–H and O–H groups in total. The van der Waals surface area contributed by atoms with Crippen molar-refractivity contribution >= 4 is 21.8 Å². The lowest BCUT2D eigenvalue weighted by atomic mass is 10.0. The van der Waals surface area contributed by atoms with Crippen LogP contribution in [0.3, 0.4) is 0 Å². The van der Waals surface area contributed by atoms with Crippen molar-refractivity contribution in [1.29, 1.82) is 0 Å². The molecule has 0 radical (unpaired) electrons. The van der Waals surface area contributed by atoms with Gasteiger partial charge in [0.15, 0.2) is 0 Å². The molecule has 4 nitrogen and oxygen atoms in total. The van der Waals surface area contributed by atoms with E-state index in [2.05, 4.69) is 21.2 Å². The summed E-state index contributed by atoms with van der Waals surface area (Å²) in [4.78, 5) is 14.3. The Kier molecular flexibility index (Phi) is 6.55. The van der Waals surface area contributed by atoms with E-state index in [0.29, 0.717) is 19.1 Å². The molecule has 1 heterocycles. The zero-order chi connectivity index (χ0) is 16.8. The summed E-state index contributed by atoms with van der Waals surface area (Å²) in [5, 5.41) is 3.66. The van der Waals surface area contributed by atoms with Crippen LogP contribution < -0.4 is 10.1 Å². The summed E-state index contributed by atoms with van der Waals surface area (Å²) >= 11 is 3.46. The van der Waals surface area contributed by atoms with Crippen molar-refractivity contribution in [3.8, 4) is 5.75 Å². The summed E-state index contributed by atoms with van der Waals surface area (Å²) in [5.74, 6) is 2.04. The number of likely N-dealkylation sites (tertiary alicyclic amines) is 1. The first kappa shape index (κ1) is 17.7. The first-order valence-corrected chi connectivity index (χ1v) is 9.90. The van der Waals surface area contributed by atoms with Crippen molar-refractivity contribution in [3.05, 3.63) is 28.7 Å². The summed E-state index contributed by atoms with van der Waals surface area (Å²) in [5.41, 5.74) is 0. The fourth-order valence-electron chi connectivity index (χ4n) is 3.11. The highest BCUT2D eigenvalue weighted by Gasteiger charge is 2.25. The Hall–Kier alpha value is -1.07. The highest BCUT2D eigenvalue weighted by molar-refractivity contribution is 9.10. The van der Waals surface area contributed by atoms with E-state index in [1.165, 1.54) is 19.4 Å². The predicted octanol–water partition coefficient (Wildman–Crippen LogP) is 3.60. The van der Waals surface area contributed by atoms with Crippen molar-refractivity contribution in [2.45, 2.75) is 44.6 Å². The Bertz CT molecular complexity index is 540. The number of rotatable bonds is 8. The number of nitrogens with one attached hydrogen (secondary N) is 1. The monoisotopic (exact) mass is 394 g/mol. The van der Waals surface area contributed by atoms with Crippen LogP contribution in [0.15, 0.2) is 28.7 Å². The van der Waals surface area contributed by atoms with Crippen LogP contribution in [0.5, 0.6) is 5.75 Å². The fourth-order valence-corrected chi connectivity index (χ4v) is 3.51. The molecule has 1 saturated carbocycles. The van der Waals surface area contributed by atoms with Crippen molar-refractivity contribution in [2.75, 3.05) is 26.2 Å². The van der Waals surface area contributed by atoms with Gasteiger partial charge in [-0.05, 0) is 72.6 Å². The second-order valence-electron chi connectivity index (χ2n) is 6.89. The van der Waals surface area contributed by atoms with Crippen molar-refractivity contribution in [3.63, 3.8) is 0 Å². The van der Waals surface area contributed by atoms with Crippen LogP contribution in [-0.4, -0.2) is 43.1 Å². The van der Waals surface area contributed by atoms with E-state index in [1.54, 1.807) is 0 Å². The maximum Gasteiger partial charge on any atom is 0.222 e. The van der Waals surface area contributed by atoms with Gasteiger partial charge in [-0.25, -0.2) is 0 Å². The number of carbonyl (C=O) groups excluding carboxylic acids is 1. The number of hydrogen-bond donors (Lipinski definition) is 1. The van der Waals surface area contributed by atoms with E-state index >= 15 is 0 Å². The molecule has 1 aromatic carbocycles. The topological polar surface area (TPSA) is 41.6 Å². The highest BCUT2D eigenvalue weighted by atomic mass is 79.9. The fraction of sp³-hybridized carbons (Fsp3) is 0.632. The Morgan fingerprint density at radius 2 is 1.96 bits per heavy atom. The third kappa shape index (κ3) is 5.49. The lowest BCUT2D eigenvalue weighted by molar-refractivity contribution is -0.132. The van der Waals surface area contributed by atoms with Crippen LogP contribution >= 0.6 is 15.9 Å². The average Bonchev–Trinajstić information content (AvgIpc) is 3.43. The lowest BCUT2D eigenvalue weighted by Crippen LogP contribution is -2.45. The second-order valence-corrected chi connectivity index (χ2v) is 7.74. The van der Waals surface area contributed by atoms with Gasteiger partial charge in [0, 0.05) is 25.6 Å². The molecular formula is C19H27BrN2O2. The summed E-state index contributed by atoms with van der Waals surface area (Å²) < 4.78 is 6.68. The van der Waals surface area contributed by atoms with E-state index in [0.717, 1.165) is 48.5 Å². The molecule has 0 unspecified atom stereocenters. The van der Waals surface area contributed by atoms with Crippen LogP contribution in [0.1, 0.15) is 38.5 Å². The number of ether oxygens (including phenoxy) is 1.